The highest BCUT2D eigenvalue weighted by atomic mass is 16.5. The molecule has 1 fully saturated rings. The predicted molar refractivity (Wildman–Crippen MR) is 83.3 cm³/mol. The number of methoxy groups -OCH3 is 1. The Kier molecular flexibility index (Phi) is 5.38. The lowest BCUT2D eigenvalue weighted by Gasteiger charge is -2.20. The fourth-order valence-electron chi connectivity index (χ4n) is 2.55. The van der Waals surface area contributed by atoms with E-state index in [2.05, 4.69) is 43.1 Å². The molecule has 0 amide bonds. The summed E-state index contributed by atoms with van der Waals surface area (Å²) in [6.45, 7) is 10.4. The van der Waals surface area contributed by atoms with Crippen molar-refractivity contribution in [3.05, 3.63) is 23.4 Å². The quantitative estimate of drug-likeness (QED) is 0.867. The lowest BCUT2D eigenvalue weighted by molar-refractivity contribution is 0.121. The molecule has 20 heavy (non-hydrogen) atoms. The minimum absolute atomic E-state index is 0.344. The van der Waals surface area contributed by atoms with Crippen LogP contribution >= 0.6 is 0 Å². The predicted octanol–water partition coefficient (Wildman–Crippen LogP) is 2.54. The molecule has 0 saturated carbocycles. The van der Waals surface area contributed by atoms with Crippen LogP contribution < -0.4 is 10.2 Å². The number of nitrogens with one attached hydrogen (secondary N) is 1. The SMILES string of the molecule is CCNCc1cc(C(C)C)nc(N2CCC(OC)C2)c1. The molecule has 1 aliphatic heterocycles. The first-order chi connectivity index (χ1) is 9.63. The van der Waals surface area contributed by atoms with Gasteiger partial charge in [0.25, 0.3) is 0 Å². The number of ether oxygens (including phenoxy) is 1. The van der Waals surface area contributed by atoms with Crippen molar-refractivity contribution in [3.8, 4) is 0 Å². The molecule has 0 aromatic carbocycles. The standard InChI is InChI=1S/C16H27N3O/c1-5-17-10-13-8-15(12(2)3)18-16(9-13)19-7-6-14(11-19)20-4/h8-9,12,14,17H,5-7,10-11H2,1-4H3. The molecule has 1 aromatic heterocycles. The zero-order valence-electron chi connectivity index (χ0n) is 13.1. The van der Waals surface area contributed by atoms with Crippen LogP contribution in [0.1, 0.15) is 44.4 Å². The van der Waals surface area contributed by atoms with Crippen molar-refractivity contribution in [1.29, 1.82) is 0 Å². The van der Waals surface area contributed by atoms with E-state index < -0.39 is 0 Å². The molecule has 1 aromatic rings. The maximum Gasteiger partial charge on any atom is 0.129 e. The summed E-state index contributed by atoms with van der Waals surface area (Å²) in [7, 11) is 1.79. The Hall–Kier alpha value is -1.13. The molecule has 0 bridgehead atoms. The second kappa shape index (κ2) is 7.04. The van der Waals surface area contributed by atoms with Crippen molar-refractivity contribution in [2.45, 2.75) is 45.8 Å². The van der Waals surface area contributed by atoms with Gasteiger partial charge in [0.1, 0.15) is 5.82 Å². The first kappa shape index (κ1) is 15.3. The molecule has 1 N–H and O–H groups in total. The lowest BCUT2D eigenvalue weighted by atomic mass is 10.1. The molecule has 112 valence electrons. The van der Waals surface area contributed by atoms with Crippen LogP contribution in [0.5, 0.6) is 0 Å². The number of anilines is 1. The molecule has 4 nitrogen and oxygen atoms in total. The van der Waals surface area contributed by atoms with Crippen LogP contribution in [0.4, 0.5) is 5.82 Å². The van der Waals surface area contributed by atoms with E-state index in [0.29, 0.717) is 12.0 Å². The van der Waals surface area contributed by atoms with Gasteiger partial charge in [0, 0.05) is 32.4 Å². The number of hydrogen-bond donors (Lipinski definition) is 1. The zero-order chi connectivity index (χ0) is 14.5. The average molecular weight is 277 g/mol. The van der Waals surface area contributed by atoms with Crippen LogP contribution in [-0.2, 0) is 11.3 Å². The smallest absolute Gasteiger partial charge is 0.129 e. The topological polar surface area (TPSA) is 37.4 Å². The summed E-state index contributed by atoms with van der Waals surface area (Å²) in [5.74, 6) is 1.56. The van der Waals surface area contributed by atoms with Crippen LogP contribution in [-0.4, -0.2) is 37.8 Å². The molecule has 1 saturated heterocycles. The van der Waals surface area contributed by atoms with Crippen molar-refractivity contribution in [3.63, 3.8) is 0 Å². The Morgan fingerprint density at radius 1 is 1.45 bits per heavy atom. The molecule has 1 atom stereocenters. The summed E-state index contributed by atoms with van der Waals surface area (Å²) in [6.07, 6.45) is 1.43. The Labute approximate surface area is 122 Å². The minimum Gasteiger partial charge on any atom is -0.380 e. The highest BCUT2D eigenvalue weighted by Gasteiger charge is 2.23. The van der Waals surface area contributed by atoms with Crippen LogP contribution in [0.25, 0.3) is 0 Å². The van der Waals surface area contributed by atoms with E-state index in [1.165, 1.54) is 11.3 Å². The number of nitrogens with zero attached hydrogens (tertiary/aromatic N) is 2. The average Bonchev–Trinajstić information content (AvgIpc) is 2.93. The Balaban J connectivity index is 2.20. The number of aromatic nitrogens is 1. The van der Waals surface area contributed by atoms with Crippen molar-refractivity contribution in [1.82, 2.24) is 10.3 Å². The second-order valence-corrected chi connectivity index (χ2v) is 5.79. The van der Waals surface area contributed by atoms with Crippen molar-refractivity contribution in [2.24, 2.45) is 0 Å². The number of rotatable bonds is 6. The van der Waals surface area contributed by atoms with Gasteiger partial charge in [-0.1, -0.05) is 20.8 Å². The third kappa shape index (κ3) is 3.70. The zero-order valence-corrected chi connectivity index (χ0v) is 13.1. The highest BCUT2D eigenvalue weighted by molar-refractivity contribution is 5.44. The maximum absolute atomic E-state index is 5.45. The summed E-state index contributed by atoms with van der Waals surface area (Å²) < 4.78 is 5.45. The van der Waals surface area contributed by atoms with E-state index >= 15 is 0 Å². The van der Waals surface area contributed by atoms with E-state index in [-0.39, 0.29) is 0 Å². The first-order valence-electron chi connectivity index (χ1n) is 7.63. The summed E-state index contributed by atoms with van der Waals surface area (Å²) in [6, 6.07) is 4.44. The van der Waals surface area contributed by atoms with E-state index in [0.717, 1.165) is 38.4 Å². The summed E-state index contributed by atoms with van der Waals surface area (Å²) in [5, 5.41) is 3.40. The molecule has 4 heteroatoms. The van der Waals surface area contributed by atoms with Gasteiger partial charge in [-0.2, -0.15) is 0 Å². The largest absolute Gasteiger partial charge is 0.380 e. The molecule has 1 unspecified atom stereocenters. The molecular formula is C16H27N3O. The maximum atomic E-state index is 5.45. The molecular weight excluding hydrogens is 250 g/mol. The Bertz CT molecular complexity index is 434. The van der Waals surface area contributed by atoms with Crippen LogP contribution in [0, 0.1) is 0 Å². The summed E-state index contributed by atoms with van der Waals surface area (Å²) >= 11 is 0. The van der Waals surface area contributed by atoms with Gasteiger partial charge >= 0.3 is 0 Å². The fraction of sp³-hybridized carbons (Fsp3) is 0.688. The first-order valence-corrected chi connectivity index (χ1v) is 7.63. The van der Waals surface area contributed by atoms with Gasteiger partial charge in [-0.05, 0) is 36.6 Å². The van der Waals surface area contributed by atoms with Crippen molar-refractivity contribution in [2.75, 3.05) is 31.6 Å². The monoisotopic (exact) mass is 277 g/mol. The van der Waals surface area contributed by atoms with Gasteiger partial charge in [-0.15, -0.1) is 0 Å². The Morgan fingerprint density at radius 3 is 2.85 bits per heavy atom. The molecule has 0 spiro atoms. The minimum atomic E-state index is 0.344. The van der Waals surface area contributed by atoms with E-state index in [1.54, 1.807) is 7.11 Å². The van der Waals surface area contributed by atoms with E-state index in [9.17, 15) is 0 Å². The normalized spacial score (nSPS) is 19.1. The van der Waals surface area contributed by atoms with E-state index in [4.69, 9.17) is 9.72 Å². The van der Waals surface area contributed by atoms with Crippen LogP contribution in [0.15, 0.2) is 12.1 Å². The molecule has 2 heterocycles. The summed E-state index contributed by atoms with van der Waals surface area (Å²) in [4.78, 5) is 7.18. The van der Waals surface area contributed by atoms with Gasteiger partial charge in [-0.25, -0.2) is 4.98 Å². The summed E-state index contributed by atoms with van der Waals surface area (Å²) in [5.41, 5.74) is 2.50. The second-order valence-electron chi connectivity index (χ2n) is 5.79. The van der Waals surface area contributed by atoms with Gasteiger partial charge < -0.3 is 15.0 Å². The van der Waals surface area contributed by atoms with Crippen LogP contribution in [0.2, 0.25) is 0 Å². The van der Waals surface area contributed by atoms with Gasteiger partial charge in [0.05, 0.1) is 6.10 Å². The third-order valence-electron chi connectivity index (χ3n) is 3.86. The lowest BCUT2D eigenvalue weighted by Crippen LogP contribution is -2.24. The molecule has 2 rings (SSSR count). The molecule has 1 aliphatic rings. The van der Waals surface area contributed by atoms with Gasteiger partial charge in [-0.3, -0.25) is 0 Å². The Morgan fingerprint density at radius 2 is 2.25 bits per heavy atom. The van der Waals surface area contributed by atoms with E-state index in [1.807, 2.05) is 0 Å². The highest BCUT2D eigenvalue weighted by Crippen LogP contribution is 2.24. The molecule has 0 aliphatic carbocycles. The fourth-order valence-corrected chi connectivity index (χ4v) is 2.55. The third-order valence-corrected chi connectivity index (χ3v) is 3.86. The number of hydrogen-bond acceptors (Lipinski definition) is 4. The van der Waals surface area contributed by atoms with Gasteiger partial charge in [0.15, 0.2) is 0 Å². The number of pyridine rings is 1. The van der Waals surface area contributed by atoms with Crippen molar-refractivity contribution < 1.29 is 4.74 Å². The van der Waals surface area contributed by atoms with Crippen LogP contribution in [0.3, 0.4) is 0 Å². The molecule has 0 radical (unpaired) electrons. The van der Waals surface area contributed by atoms with Gasteiger partial charge in [0.2, 0.25) is 0 Å². The van der Waals surface area contributed by atoms with Crippen molar-refractivity contribution >= 4 is 5.82 Å².